The van der Waals surface area contributed by atoms with Gasteiger partial charge in [-0.25, -0.2) is 0 Å². The van der Waals surface area contributed by atoms with Crippen molar-refractivity contribution in [3.05, 3.63) is 71.8 Å². The Kier molecular flexibility index (Phi) is 9.76. The molecule has 0 amide bonds. The topological polar surface area (TPSA) is 17.1 Å². The fraction of sp³-hybridized carbons (Fsp3) is 0.435. The van der Waals surface area contributed by atoms with Crippen molar-refractivity contribution < 1.29 is 4.79 Å². The van der Waals surface area contributed by atoms with E-state index in [4.69, 9.17) is 0 Å². The maximum atomic E-state index is 11.8. The average molecular weight is 325 g/mol. The molecule has 0 saturated heterocycles. The fourth-order valence-electron chi connectivity index (χ4n) is 3.36. The van der Waals surface area contributed by atoms with E-state index < -0.39 is 0 Å². The van der Waals surface area contributed by atoms with Gasteiger partial charge in [-0.15, -0.1) is 0 Å². The lowest BCUT2D eigenvalue weighted by Crippen LogP contribution is -2.10. The van der Waals surface area contributed by atoms with Gasteiger partial charge < -0.3 is 0 Å². The number of rotatable bonds is 2. The Hall–Kier alpha value is -1.89. The Morgan fingerprint density at radius 2 is 0.958 bits per heavy atom. The number of benzene rings is 2. The van der Waals surface area contributed by atoms with Crippen molar-refractivity contribution in [1.82, 2.24) is 0 Å². The number of carbonyl (C=O) groups excluding carboxylic acids is 1. The summed E-state index contributed by atoms with van der Waals surface area (Å²) in [6.45, 7) is 8.00. The molecule has 0 spiro atoms. The molecule has 1 saturated carbocycles. The quantitative estimate of drug-likeness (QED) is 0.558. The lowest BCUT2D eigenvalue weighted by atomic mass is 9.78. The van der Waals surface area contributed by atoms with Crippen LogP contribution in [0.15, 0.2) is 60.7 Å². The SMILES string of the molecule is CC.CC.O=C1CCC(c2ccccc2)C(c2ccccc2)CC1. The molecule has 2 unspecified atom stereocenters. The van der Waals surface area contributed by atoms with Crippen molar-refractivity contribution in [2.75, 3.05) is 0 Å². The maximum absolute atomic E-state index is 11.8. The van der Waals surface area contributed by atoms with Crippen LogP contribution in [0.5, 0.6) is 0 Å². The second-order valence-electron chi connectivity index (χ2n) is 5.65. The molecule has 24 heavy (non-hydrogen) atoms. The molecule has 1 nitrogen and oxygen atoms in total. The predicted octanol–water partition coefficient (Wildman–Crippen LogP) is 6.75. The van der Waals surface area contributed by atoms with Gasteiger partial charge in [0.2, 0.25) is 0 Å². The summed E-state index contributed by atoms with van der Waals surface area (Å²) in [4.78, 5) is 11.8. The van der Waals surface area contributed by atoms with Crippen LogP contribution in [0.1, 0.15) is 76.3 Å². The van der Waals surface area contributed by atoms with Crippen LogP contribution in [0.4, 0.5) is 0 Å². The van der Waals surface area contributed by atoms with Crippen LogP contribution < -0.4 is 0 Å². The van der Waals surface area contributed by atoms with Gasteiger partial charge in [-0.1, -0.05) is 88.4 Å². The zero-order chi connectivity index (χ0) is 17.8. The first kappa shape index (κ1) is 20.2. The van der Waals surface area contributed by atoms with Crippen molar-refractivity contribution in [3.63, 3.8) is 0 Å². The number of carbonyl (C=O) groups is 1. The number of hydrogen-bond donors (Lipinski definition) is 0. The van der Waals surface area contributed by atoms with Gasteiger partial charge in [0.15, 0.2) is 0 Å². The minimum absolute atomic E-state index is 0.421. The summed E-state index contributed by atoms with van der Waals surface area (Å²) in [5, 5.41) is 0. The second kappa shape index (κ2) is 11.6. The van der Waals surface area contributed by atoms with Crippen molar-refractivity contribution in [2.45, 2.75) is 65.2 Å². The molecule has 130 valence electrons. The van der Waals surface area contributed by atoms with E-state index in [2.05, 4.69) is 60.7 Å². The number of ketones is 1. The molecule has 1 aliphatic rings. The van der Waals surface area contributed by atoms with Crippen molar-refractivity contribution in [1.29, 1.82) is 0 Å². The molecule has 1 heteroatoms. The summed E-state index contributed by atoms with van der Waals surface area (Å²) < 4.78 is 0. The molecule has 2 aromatic carbocycles. The summed E-state index contributed by atoms with van der Waals surface area (Å²) in [6, 6.07) is 21.3. The summed E-state index contributed by atoms with van der Waals surface area (Å²) >= 11 is 0. The summed E-state index contributed by atoms with van der Waals surface area (Å²) in [5.74, 6) is 1.35. The van der Waals surface area contributed by atoms with Gasteiger partial charge in [0.1, 0.15) is 5.78 Å². The van der Waals surface area contributed by atoms with E-state index in [-0.39, 0.29) is 0 Å². The molecule has 3 rings (SSSR count). The second-order valence-corrected chi connectivity index (χ2v) is 5.65. The molecule has 0 heterocycles. The fourth-order valence-corrected chi connectivity index (χ4v) is 3.36. The summed E-state index contributed by atoms with van der Waals surface area (Å²) in [7, 11) is 0. The first-order chi connectivity index (χ1) is 11.8. The van der Waals surface area contributed by atoms with Crippen molar-refractivity contribution in [2.24, 2.45) is 0 Å². The van der Waals surface area contributed by atoms with Crippen molar-refractivity contribution in [3.8, 4) is 0 Å². The minimum Gasteiger partial charge on any atom is -0.300 e. The third kappa shape index (κ3) is 5.63. The highest BCUT2D eigenvalue weighted by atomic mass is 16.1. The Morgan fingerprint density at radius 3 is 1.29 bits per heavy atom. The van der Waals surface area contributed by atoms with Crippen molar-refractivity contribution >= 4 is 5.78 Å². The van der Waals surface area contributed by atoms with Crippen LogP contribution in [0.2, 0.25) is 0 Å². The van der Waals surface area contributed by atoms with Crippen LogP contribution in [0.3, 0.4) is 0 Å². The van der Waals surface area contributed by atoms with Gasteiger partial charge in [-0.2, -0.15) is 0 Å². The number of hydrogen-bond acceptors (Lipinski definition) is 1. The van der Waals surface area contributed by atoms with Gasteiger partial charge >= 0.3 is 0 Å². The Bertz CT molecular complexity index is 508. The standard InChI is InChI=1S/C19H20O.2C2H6/c20-17-11-13-18(15-7-3-1-4-8-15)19(14-12-17)16-9-5-2-6-10-16;2*1-2/h1-10,18-19H,11-14H2;2*1-2H3. The summed E-state index contributed by atoms with van der Waals surface area (Å²) in [6.07, 6.45) is 3.40. The maximum Gasteiger partial charge on any atom is 0.132 e. The van der Waals surface area contributed by atoms with Gasteiger partial charge in [-0.05, 0) is 35.8 Å². The number of Topliss-reactive ketones (excluding diaryl/α,β-unsaturated/α-hetero) is 1. The monoisotopic (exact) mass is 324 g/mol. The van der Waals surface area contributed by atoms with E-state index in [1.807, 2.05) is 27.7 Å². The first-order valence-electron chi connectivity index (χ1n) is 9.46. The van der Waals surface area contributed by atoms with E-state index in [1.54, 1.807) is 0 Å². The molecule has 0 aromatic heterocycles. The molecule has 1 fully saturated rings. The van der Waals surface area contributed by atoms with Gasteiger partial charge in [0, 0.05) is 12.8 Å². The Labute approximate surface area is 148 Å². The smallest absolute Gasteiger partial charge is 0.132 e. The lowest BCUT2D eigenvalue weighted by molar-refractivity contribution is -0.118. The van der Waals surface area contributed by atoms with E-state index in [0.29, 0.717) is 17.6 Å². The average Bonchev–Trinajstić information content (AvgIpc) is 2.88. The van der Waals surface area contributed by atoms with E-state index in [9.17, 15) is 4.79 Å². The lowest BCUT2D eigenvalue weighted by Gasteiger charge is -2.25. The third-order valence-electron chi connectivity index (χ3n) is 4.41. The van der Waals surface area contributed by atoms with Crippen LogP contribution in [-0.4, -0.2) is 5.78 Å². The highest BCUT2D eigenvalue weighted by Gasteiger charge is 2.28. The zero-order valence-corrected chi connectivity index (χ0v) is 15.7. The normalized spacial score (nSPS) is 19.9. The molecule has 0 N–H and O–H groups in total. The molecule has 2 atom stereocenters. The first-order valence-corrected chi connectivity index (χ1v) is 9.46. The molecule has 0 radical (unpaired) electrons. The molecule has 1 aliphatic carbocycles. The highest BCUT2D eigenvalue weighted by molar-refractivity contribution is 5.78. The Morgan fingerprint density at radius 1 is 0.625 bits per heavy atom. The van der Waals surface area contributed by atoms with Gasteiger partial charge in [0.05, 0.1) is 0 Å². The van der Waals surface area contributed by atoms with E-state index in [0.717, 1.165) is 25.7 Å². The van der Waals surface area contributed by atoms with Gasteiger partial charge in [-0.3, -0.25) is 4.79 Å². The van der Waals surface area contributed by atoms with Crippen LogP contribution in [0.25, 0.3) is 0 Å². The molecule has 0 aliphatic heterocycles. The molecule has 2 aromatic rings. The van der Waals surface area contributed by atoms with Crippen LogP contribution in [0, 0.1) is 0 Å². The predicted molar refractivity (Wildman–Crippen MR) is 105 cm³/mol. The summed E-state index contributed by atoms with van der Waals surface area (Å²) in [5.41, 5.74) is 2.74. The largest absolute Gasteiger partial charge is 0.300 e. The van der Waals surface area contributed by atoms with E-state index >= 15 is 0 Å². The van der Waals surface area contributed by atoms with E-state index in [1.165, 1.54) is 11.1 Å². The highest BCUT2D eigenvalue weighted by Crippen LogP contribution is 2.41. The Balaban J connectivity index is 0.000000671. The third-order valence-corrected chi connectivity index (χ3v) is 4.41. The minimum atomic E-state index is 0.421. The molecular weight excluding hydrogens is 292 g/mol. The molecule has 0 bridgehead atoms. The molecular formula is C23H32O. The zero-order valence-electron chi connectivity index (χ0n) is 15.7. The van der Waals surface area contributed by atoms with Gasteiger partial charge in [0.25, 0.3) is 0 Å². The van der Waals surface area contributed by atoms with Crippen LogP contribution >= 0.6 is 0 Å². The van der Waals surface area contributed by atoms with Crippen LogP contribution in [-0.2, 0) is 4.79 Å².